The third-order valence-electron chi connectivity index (χ3n) is 3.75. The van der Waals surface area contributed by atoms with Gasteiger partial charge in [0.2, 0.25) is 0 Å². The number of benzene rings is 1. The number of anilines is 1. The van der Waals surface area contributed by atoms with E-state index in [1.807, 2.05) is 0 Å². The maximum Gasteiger partial charge on any atom is 0.0748 e. The Hall–Kier alpha value is -1.02. The van der Waals surface area contributed by atoms with Gasteiger partial charge in [-0.3, -0.25) is 0 Å². The second-order valence-corrected chi connectivity index (χ2v) is 5.26. The van der Waals surface area contributed by atoms with Gasteiger partial charge in [-0.15, -0.1) is 0 Å². The van der Waals surface area contributed by atoms with Gasteiger partial charge >= 0.3 is 0 Å². The maximum atomic E-state index is 5.68. The van der Waals surface area contributed by atoms with Crippen LogP contribution in [0.25, 0.3) is 0 Å². The summed E-state index contributed by atoms with van der Waals surface area (Å²) < 4.78 is 5.68. The molecular formula is C15H23NO. The van der Waals surface area contributed by atoms with Gasteiger partial charge in [-0.25, -0.2) is 0 Å². The quantitative estimate of drug-likeness (QED) is 0.776. The first-order chi connectivity index (χ1) is 8.09. The zero-order valence-corrected chi connectivity index (χ0v) is 11.3. The first kappa shape index (κ1) is 12.4. The van der Waals surface area contributed by atoms with E-state index in [4.69, 9.17) is 4.74 Å². The first-order valence-electron chi connectivity index (χ1n) is 6.58. The highest BCUT2D eigenvalue weighted by atomic mass is 16.5. The minimum atomic E-state index is 0.312. The number of rotatable bonds is 2. The van der Waals surface area contributed by atoms with Crippen molar-refractivity contribution in [2.24, 2.45) is 0 Å². The van der Waals surface area contributed by atoms with E-state index in [0.29, 0.717) is 18.1 Å². The molecule has 0 aromatic heterocycles. The Labute approximate surface area is 105 Å². The molecule has 0 bridgehead atoms. The van der Waals surface area contributed by atoms with Crippen LogP contribution in [0.4, 0.5) is 5.69 Å². The topological polar surface area (TPSA) is 12.5 Å². The van der Waals surface area contributed by atoms with Gasteiger partial charge in [0.1, 0.15) is 0 Å². The lowest BCUT2D eigenvalue weighted by Gasteiger charge is -2.39. The summed E-state index contributed by atoms with van der Waals surface area (Å²) in [6.45, 7) is 10.7. The molecule has 0 saturated carbocycles. The Morgan fingerprint density at radius 1 is 1.29 bits per heavy atom. The second kappa shape index (κ2) is 5.09. The fourth-order valence-corrected chi connectivity index (χ4v) is 2.36. The Balaban J connectivity index is 2.23. The summed E-state index contributed by atoms with van der Waals surface area (Å²) in [5, 5.41) is 0. The van der Waals surface area contributed by atoms with E-state index in [1.54, 1.807) is 0 Å². The normalized spacial score (nSPS) is 25.4. The van der Waals surface area contributed by atoms with Crippen LogP contribution in [0.2, 0.25) is 0 Å². The Bertz CT molecular complexity index is 375. The maximum absolute atomic E-state index is 5.68. The number of morpholine rings is 1. The summed E-state index contributed by atoms with van der Waals surface area (Å²) in [6.07, 6.45) is 0.312. The monoisotopic (exact) mass is 233 g/mol. The molecule has 1 aliphatic rings. The van der Waals surface area contributed by atoms with E-state index >= 15 is 0 Å². The lowest BCUT2D eigenvalue weighted by Crippen LogP contribution is -2.48. The first-order valence-corrected chi connectivity index (χ1v) is 6.58. The van der Waals surface area contributed by atoms with Gasteiger partial charge in [-0.05, 0) is 37.5 Å². The van der Waals surface area contributed by atoms with Crippen molar-refractivity contribution in [2.45, 2.75) is 45.8 Å². The summed E-state index contributed by atoms with van der Waals surface area (Å²) in [6, 6.07) is 9.35. The van der Waals surface area contributed by atoms with Crippen LogP contribution in [0.5, 0.6) is 0 Å². The van der Waals surface area contributed by atoms with E-state index in [-0.39, 0.29) is 0 Å². The molecule has 0 spiro atoms. The van der Waals surface area contributed by atoms with Gasteiger partial charge in [0.05, 0.1) is 18.8 Å². The van der Waals surface area contributed by atoms with Crippen molar-refractivity contribution in [3.8, 4) is 0 Å². The van der Waals surface area contributed by atoms with Crippen molar-refractivity contribution in [2.75, 3.05) is 18.1 Å². The van der Waals surface area contributed by atoms with Crippen molar-refractivity contribution >= 4 is 5.69 Å². The van der Waals surface area contributed by atoms with Crippen molar-refractivity contribution < 1.29 is 4.74 Å². The zero-order valence-electron chi connectivity index (χ0n) is 11.3. The van der Waals surface area contributed by atoms with Crippen LogP contribution in [0, 0.1) is 0 Å². The molecular weight excluding hydrogens is 210 g/mol. The van der Waals surface area contributed by atoms with Crippen LogP contribution in [-0.4, -0.2) is 25.3 Å². The number of hydrogen-bond acceptors (Lipinski definition) is 2. The lowest BCUT2D eigenvalue weighted by molar-refractivity contribution is 0.0284. The SMILES string of the molecule is CC(C)c1cccc(N2CCO[C@H](C)[C@H]2C)c1. The number of hydrogen-bond donors (Lipinski definition) is 0. The van der Waals surface area contributed by atoms with Crippen LogP contribution in [0.3, 0.4) is 0 Å². The molecule has 0 radical (unpaired) electrons. The molecule has 1 aromatic carbocycles. The zero-order chi connectivity index (χ0) is 12.4. The molecule has 1 fully saturated rings. The Morgan fingerprint density at radius 3 is 2.76 bits per heavy atom. The van der Waals surface area contributed by atoms with E-state index in [1.165, 1.54) is 11.3 Å². The molecule has 17 heavy (non-hydrogen) atoms. The highest BCUT2D eigenvalue weighted by molar-refractivity contribution is 5.50. The average Bonchev–Trinajstić information content (AvgIpc) is 2.33. The summed E-state index contributed by atoms with van der Waals surface area (Å²) in [4.78, 5) is 2.46. The lowest BCUT2D eigenvalue weighted by atomic mass is 10.0. The molecule has 1 aromatic rings. The summed E-state index contributed by atoms with van der Waals surface area (Å²) in [7, 11) is 0. The number of ether oxygens (including phenoxy) is 1. The van der Waals surface area contributed by atoms with Gasteiger partial charge in [-0.2, -0.15) is 0 Å². The smallest absolute Gasteiger partial charge is 0.0748 e. The predicted octanol–water partition coefficient (Wildman–Crippen LogP) is 3.42. The van der Waals surface area contributed by atoms with Crippen LogP contribution in [0.15, 0.2) is 24.3 Å². The van der Waals surface area contributed by atoms with E-state index in [2.05, 4.69) is 56.9 Å². The molecule has 2 rings (SSSR count). The minimum absolute atomic E-state index is 0.312. The predicted molar refractivity (Wildman–Crippen MR) is 72.8 cm³/mol. The molecule has 0 unspecified atom stereocenters. The fourth-order valence-electron chi connectivity index (χ4n) is 2.36. The molecule has 1 saturated heterocycles. The van der Waals surface area contributed by atoms with E-state index in [9.17, 15) is 0 Å². The highest BCUT2D eigenvalue weighted by Gasteiger charge is 2.25. The van der Waals surface area contributed by atoms with Crippen molar-refractivity contribution in [1.29, 1.82) is 0 Å². The van der Waals surface area contributed by atoms with Crippen LogP contribution in [-0.2, 0) is 4.74 Å². The minimum Gasteiger partial charge on any atom is -0.375 e. The van der Waals surface area contributed by atoms with Crippen LogP contribution in [0.1, 0.15) is 39.2 Å². The van der Waals surface area contributed by atoms with Crippen molar-refractivity contribution in [3.63, 3.8) is 0 Å². The van der Waals surface area contributed by atoms with E-state index in [0.717, 1.165) is 13.2 Å². The molecule has 1 heterocycles. The van der Waals surface area contributed by atoms with Gasteiger partial charge in [0.15, 0.2) is 0 Å². The number of nitrogens with zero attached hydrogens (tertiary/aromatic N) is 1. The van der Waals surface area contributed by atoms with Gasteiger partial charge in [0.25, 0.3) is 0 Å². The fraction of sp³-hybridized carbons (Fsp3) is 0.600. The van der Waals surface area contributed by atoms with Crippen molar-refractivity contribution in [3.05, 3.63) is 29.8 Å². The second-order valence-electron chi connectivity index (χ2n) is 5.26. The molecule has 2 atom stereocenters. The van der Waals surface area contributed by atoms with Crippen LogP contribution >= 0.6 is 0 Å². The summed E-state index contributed by atoms with van der Waals surface area (Å²) >= 11 is 0. The summed E-state index contributed by atoms with van der Waals surface area (Å²) in [5.41, 5.74) is 2.74. The third kappa shape index (κ3) is 2.63. The van der Waals surface area contributed by atoms with Gasteiger partial charge in [0, 0.05) is 12.2 Å². The largest absolute Gasteiger partial charge is 0.375 e. The molecule has 1 aliphatic heterocycles. The average molecular weight is 233 g/mol. The third-order valence-corrected chi connectivity index (χ3v) is 3.75. The van der Waals surface area contributed by atoms with Gasteiger partial charge in [-0.1, -0.05) is 26.0 Å². The molecule has 0 aliphatic carbocycles. The molecule has 2 heteroatoms. The molecule has 0 N–H and O–H groups in total. The van der Waals surface area contributed by atoms with Crippen molar-refractivity contribution in [1.82, 2.24) is 0 Å². The molecule has 0 amide bonds. The van der Waals surface area contributed by atoms with Gasteiger partial charge < -0.3 is 9.64 Å². The van der Waals surface area contributed by atoms with E-state index < -0.39 is 0 Å². The Morgan fingerprint density at radius 2 is 2.06 bits per heavy atom. The standard InChI is InChI=1S/C15H23NO/c1-11(2)14-6-5-7-15(10-14)16-8-9-17-13(4)12(16)3/h5-7,10-13H,8-9H2,1-4H3/t12-,13-/m1/s1. The Kier molecular flexibility index (Phi) is 3.72. The molecule has 2 nitrogen and oxygen atoms in total. The summed E-state index contributed by atoms with van der Waals surface area (Å²) in [5.74, 6) is 0.587. The van der Waals surface area contributed by atoms with Crippen LogP contribution < -0.4 is 4.90 Å². The molecule has 94 valence electrons. The highest BCUT2D eigenvalue weighted by Crippen LogP contribution is 2.26.